The first-order valence-electron chi connectivity index (χ1n) is 7.46. The van der Waals surface area contributed by atoms with E-state index in [4.69, 9.17) is 10.5 Å². The molecule has 0 saturated carbocycles. The highest BCUT2D eigenvalue weighted by molar-refractivity contribution is 5.76. The van der Waals surface area contributed by atoms with E-state index in [1.807, 2.05) is 6.92 Å². The Morgan fingerprint density at radius 3 is 3.10 bits per heavy atom. The number of nitrogens with two attached hydrogens (primary N) is 1. The van der Waals surface area contributed by atoms with Gasteiger partial charge >= 0.3 is 0 Å². The number of hydrogen-bond donors (Lipinski definition) is 2. The van der Waals surface area contributed by atoms with Crippen molar-refractivity contribution in [2.45, 2.75) is 45.0 Å². The van der Waals surface area contributed by atoms with Crippen molar-refractivity contribution in [3.63, 3.8) is 0 Å². The van der Waals surface area contributed by atoms with Crippen molar-refractivity contribution in [1.29, 1.82) is 0 Å². The lowest BCUT2D eigenvalue weighted by Gasteiger charge is -2.33. The first kappa shape index (κ1) is 14.3. The quantitative estimate of drug-likeness (QED) is 0.803. The number of hydrogen-bond acceptors (Lipinski definition) is 5. The zero-order valence-electron chi connectivity index (χ0n) is 12.6. The molecule has 0 aliphatic carbocycles. The average molecular weight is 293 g/mol. The number of anilines is 1. The Labute approximate surface area is 124 Å². The lowest BCUT2D eigenvalue weighted by Crippen LogP contribution is -2.45. The number of nitrogens with zero attached hydrogens (tertiary/aromatic N) is 3. The van der Waals surface area contributed by atoms with E-state index in [1.165, 1.54) is 4.68 Å². The van der Waals surface area contributed by atoms with E-state index in [0.717, 1.165) is 31.8 Å². The zero-order valence-corrected chi connectivity index (χ0v) is 12.6. The summed E-state index contributed by atoms with van der Waals surface area (Å²) < 4.78 is 7.21. The fraction of sp³-hybridized carbons (Fsp3) is 0.714. The summed E-state index contributed by atoms with van der Waals surface area (Å²) in [5.74, 6) is 0.484. The first-order chi connectivity index (χ1) is 10.0. The van der Waals surface area contributed by atoms with Crippen molar-refractivity contribution in [2.75, 3.05) is 25.4 Å². The van der Waals surface area contributed by atoms with E-state index >= 15 is 0 Å². The number of carbonyl (C=O) groups excluding carboxylic acids is 1. The van der Waals surface area contributed by atoms with Crippen LogP contribution in [0.25, 0.3) is 0 Å². The van der Waals surface area contributed by atoms with Crippen molar-refractivity contribution < 1.29 is 9.53 Å². The Balaban J connectivity index is 1.53. The van der Waals surface area contributed by atoms with Crippen LogP contribution in [-0.2, 0) is 16.1 Å². The highest BCUT2D eigenvalue weighted by Gasteiger charge is 2.36. The molecule has 3 rings (SSSR count). The lowest BCUT2D eigenvalue weighted by molar-refractivity contribution is -0.122. The third kappa shape index (κ3) is 3.19. The van der Waals surface area contributed by atoms with E-state index in [-0.39, 0.29) is 24.6 Å². The second-order valence-corrected chi connectivity index (χ2v) is 6.12. The van der Waals surface area contributed by atoms with Gasteiger partial charge in [0.1, 0.15) is 12.4 Å². The van der Waals surface area contributed by atoms with Gasteiger partial charge in [-0.1, -0.05) is 0 Å². The predicted molar refractivity (Wildman–Crippen MR) is 78.7 cm³/mol. The largest absolute Gasteiger partial charge is 0.384 e. The minimum Gasteiger partial charge on any atom is -0.384 e. The molecule has 0 unspecified atom stereocenters. The number of carbonyl (C=O) groups is 1. The van der Waals surface area contributed by atoms with Crippen molar-refractivity contribution >= 4 is 11.7 Å². The van der Waals surface area contributed by atoms with Crippen LogP contribution in [0.4, 0.5) is 5.82 Å². The Morgan fingerprint density at radius 1 is 1.57 bits per heavy atom. The molecule has 3 heterocycles. The molecule has 7 heteroatoms. The highest BCUT2D eigenvalue weighted by atomic mass is 16.5. The number of aromatic nitrogens is 2. The zero-order chi connectivity index (χ0) is 15.0. The molecule has 7 nitrogen and oxygen atoms in total. The van der Waals surface area contributed by atoms with Crippen molar-refractivity contribution in [1.82, 2.24) is 20.0 Å². The van der Waals surface area contributed by atoms with Crippen molar-refractivity contribution in [3.8, 4) is 0 Å². The van der Waals surface area contributed by atoms with Crippen molar-refractivity contribution in [3.05, 3.63) is 11.8 Å². The standard InChI is InChI=1S/C14H23N5O2/c1-9-3-13(15)19(17-9)7-14(20)16-11-4-12-8-21-10(2)5-18(12)6-11/h3,10-12H,4-8,15H2,1-2H3,(H,16,20)/t10-,11+,12+/m1/s1. The molecule has 1 amide bonds. The van der Waals surface area contributed by atoms with Gasteiger partial charge < -0.3 is 15.8 Å². The topological polar surface area (TPSA) is 85.4 Å². The van der Waals surface area contributed by atoms with Gasteiger partial charge in [0, 0.05) is 31.2 Å². The third-order valence-corrected chi connectivity index (χ3v) is 4.18. The van der Waals surface area contributed by atoms with Gasteiger partial charge in [0.15, 0.2) is 0 Å². The molecule has 21 heavy (non-hydrogen) atoms. The van der Waals surface area contributed by atoms with Crippen LogP contribution in [0.5, 0.6) is 0 Å². The van der Waals surface area contributed by atoms with Gasteiger partial charge in [-0.05, 0) is 20.3 Å². The Morgan fingerprint density at radius 2 is 2.38 bits per heavy atom. The Kier molecular flexibility index (Phi) is 3.86. The molecule has 3 N–H and O–H groups in total. The number of amides is 1. The summed E-state index contributed by atoms with van der Waals surface area (Å²) in [4.78, 5) is 14.5. The maximum absolute atomic E-state index is 12.1. The molecule has 2 saturated heterocycles. The second kappa shape index (κ2) is 5.65. The molecular weight excluding hydrogens is 270 g/mol. The number of nitrogens with one attached hydrogen (secondary N) is 1. The minimum absolute atomic E-state index is 0.0383. The highest BCUT2D eigenvalue weighted by Crippen LogP contribution is 2.23. The van der Waals surface area contributed by atoms with Crippen LogP contribution in [0.1, 0.15) is 19.0 Å². The molecule has 0 spiro atoms. The maximum Gasteiger partial charge on any atom is 0.242 e. The number of nitrogen functional groups attached to an aromatic ring is 1. The fourth-order valence-electron chi connectivity index (χ4n) is 3.25. The number of rotatable bonds is 3. The summed E-state index contributed by atoms with van der Waals surface area (Å²) in [5.41, 5.74) is 6.63. The van der Waals surface area contributed by atoms with Crippen LogP contribution in [0.3, 0.4) is 0 Å². The van der Waals surface area contributed by atoms with Crippen LogP contribution < -0.4 is 11.1 Å². The summed E-state index contributed by atoms with van der Waals surface area (Å²) in [6.07, 6.45) is 1.23. The third-order valence-electron chi connectivity index (χ3n) is 4.18. The van der Waals surface area contributed by atoms with Crippen LogP contribution in [0.15, 0.2) is 6.07 Å². The van der Waals surface area contributed by atoms with Gasteiger partial charge in [0.2, 0.25) is 5.91 Å². The lowest BCUT2D eigenvalue weighted by atomic mass is 10.1. The molecule has 2 aliphatic rings. The van der Waals surface area contributed by atoms with Gasteiger partial charge in [-0.25, -0.2) is 4.68 Å². The van der Waals surface area contributed by atoms with Crippen LogP contribution in [-0.4, -0.2) is 58.5 Å². The van der Waals surface area contributed by atoms with E-state index < -0.39 is 0 Å². The predicted octanol–water partition coefficient (Wildman–Crippen LogP) is -0.248. The normalized spacial score (nSPS) is 29.3. The molecule has 116 valence electrons. The minimum atomic E-state index is -0.0383. The summed E-state index contributed by atoms with van der Waals surface area (Å²) in [5, 5.41) is 7.29. The van der Waals surface area contributed by atoms with E-state index in [1.54, 1.807) is 6.07 Å². The molecule has 0 aromatic carbocycles. The number of aryl methyl sites for hydroxylation is 1. The molecule has 1 aromatic heterocycles. The summed E-state index contributed by atoms with van der Waals surface area (Å²) in [7, 11) is 0. The monoisotopic (exact) mass is 293 g/mol. The number of fused-ring (bicyclic) bond motifs is 1. The van der Waals surface area contributed by atoms with Gasteiger partial charge in [-0.15, -0.1) is 0 Å². The Hall–Kier alpha value is -1.60. The van der Waals surface area contributed by atoms with E-state index in [2.05, 4.69) is 22.2 Å². The van der Waals surface area contributed by atoms with Crippen molar-refractivity contribution in [2.24, 2.45) is 0 Å². The summed E-state index contributed by atoms with van der Waals surface area (Å²) in [6, 6.07) is 2.39. The second-order valence-electron chi connectivity index (χ2n) is 6.12. The first-order valence-corrected chi connectivity index (χ1v) is 7.46. The molecule has 0 radical (unpaired) electrons. The van der Waals surface area contributed by atoms with Gasteiger partial charge in [-0.3, -0.25) is 9.69 Å². The van der Waals surface area contributed by atoms with E-state index in [0.29, 0.717) is 11.9 Å². The van der Waals surface area contributed by atoms with Crippen LogP contribution >= 0.6 is 0 Å². The smallest absolute Gasteiger partial charge is 0.242 e. The number of morpholine rings is 1. The van der Waals surface area contributed by atoms with Gasteiger partial charge in [0.25, 0.3) is 0 Å². The molecule has 2 fully saturated rings. The average Bonchev–Trinajstić information content (AvgIpc) is 2.91. The molecule has 0 bridgehead atoms. The van der Waals surface area contributed by atoms with E-state index in [9.17, 15) is 4.79 Å². The molecule has 3 atom stereocenters. The summed E-state index contributed by atoms with van der Waals surface area (Å²) >= 11 is 0. The van der Waals surface area contributed by atoms with Gasteiger partial charge in [0.05, 0.1) is 18.4 Å². The molecular formula is C14H23N5O2. The molecule has 1 aromatic rings. The van der Waals surface area contributed by atoms with Crippen LogP contribution in [0, 0.1) is 6.92 Å². The summed E-state index contributed by atoms with van der Waals surface area (Å²) in [6.45, 7) is 6.73. The van der Waals surface area contributed by atoms with Gasteiger partial charge in [-0.2, -0.15) is 5.10 Å². The maximum atomic E-state index is 12.1. The van der Waals surface area contributed by atoms with Crippen LogP contribution in [0.2, 0.25) is 0 Å². The SMILES string of the molecule is Cc1cc(N)n(CC(=O)N[C@H]2C[C@H]3CO[C@H](C)CN3C2)n1. The molecule has 2 aliphatic heterocycles. The number of ether oxygens (including phenoxy) is 1. The fourth-order valence-corrected chi connectivity index (χ4v) is 3.25. The Bertz CT molecular complexity index is 529.